The molecule has 7 nitrogen and oxygen atoms in total. The van der Waals surface area contributed by atoms with Gasteiger partial charge in [-0.3, -0.25) is 9.56 Å². The molecule has 0 unspecified atom stereocenters. The zero-order valence-electron chi connectivity index (χ0n) is 16.5. The predicted molar refractivity (Wildman–Crippen MR) is 113 cm³/mol. The Labute approximate surface area is 168 Å². The molecule has 3 aromatic rings. The van der Waals surface area contributed by atoms with Crippen molar-refractivity contribution in [3.05, 3.63) is 53.9 Å². The highest BCUT2D eigenvalue weighted by molar-refractivity contribution is 6.09. The molecule has 1 aromatic carbocycles. The molecular formula is C21H23FN6O. The predicted octanol–water partition coefficient (Wildman–Crippen LogP) is 2.70. The van der Waals surface area contributed by atoms with Gasteiger partial charge in [-0.15, -0.1) is 0 Å². The van der Waals surface area contributed by atoms with E-state index in [2.05, 4.69) is 9.98 Å². The maximum atomic E-state index is 14.9. The number of aryl methyl sites for hydroxylation is 1. The molecule has 8 heteroatoms. The minimum absolute atomic E-state index is 0.275. The van der Waals surface area contributed by atoms with Crippen LogP contribution in [-0.4, -0.2) is 54.1 Å². The topological polar surface area (TPSA) is 81.6 Å². The zero-order chi connectivity index (χ0) is 20.4. The molecule has 0 amide bonds. The zero-order valence-corrected chi connectivity index (χ0v) is 16.5. The Balaban J connectivity index is 1.78. The van der Waals surface area contributed by atoms with E-state index in [9.17, 15) is 4.39 Å². The number of benzene rings is 1. The van der Waals surface area contributed by atoms with E-state index in [1.54, 1.807) is 19.3 Å². The number of hydrogen-bond donors (Lipinski definition) is 1. The van der Waals surface area contributed by atoms with Crippen molar-refractivity contribution in [2.75, 3.05) is 38.3 Å². The first-order valence-corrected chi connectivity index (χ1v) is 9.45. The van der Waals surface area contributed by atoms with Crippen molar-refractivity contribution in [1.29, 1.82) is 0 Å². The first kappa shape index (κ1) is 19.1. The molecule has 0 saturated carbocycles. The standard InChI is InChI=1S/C21H23FN6O/c1-14-25-19-5-4-18(15(12-23)13-24-2)26-21(19)28(14)16-3-6-20(17(22)11-16)27-7-9-29-10-8-27/h3-6,11-13H,7-10,23H2,1-2H3/b15-12+,24-13?. The molecule has 0 atom stereocenters. The van der Waals surface area contributed by atoms with E-state index >= 15 is 0 Å². The van der Waals surface area contributed by atoms with E-state index in [4.69, 9.17) is 15.5 Å². The molecule has 0 aliphatic carbocycles. The van der Waals surface area contributed by atoms with E-state index in [0.29, 0.717) is 54.6 Å². The highest BCUT2D eigenvalue weighted by atomic mass is 19.1. The van der Waals surface area contributed by atoms with E-state index < -0.39 is 0 Å². The van der Waals surface area contributed by atoms with Crippen molar-refractivity contribution < 1.29 is 9.13 Å². The summed E-state index contributed by atoms with van der Waals surface area (Å²) in [5.41, 5.74) is 9.73. The number of fused-ring (bicyclic) bond motifs is 1. The van der Waals surface area contributed by atoms with E-state index in [-0.39, 0.29) is 5.82 Å². The number of rotatable bonds is 4. The second-order valence-electron chi connectivity index (χ2n) is 6.78. The van der Waals surface area contributed by atoms with Crippen molar-refractivity contribution in [3.63, 3.8) is 0 Å². The van der Waals surface area contributed by atoms with Gasteiger partial charge in [0, 0.05) is 44.2 Å². The molecule has 4 rings (SSSR count). The van der Waals surface area contributed by atoms with Crippen LogP contribution in [0.5, 0.6) is 0 Å². The van der Waals surface area contributed by atoms with Crippen LogP contribution in [0.15, 0.2) is 41.5 Å². The molecule has 1 aliphatic rings. The van der Waals surface area contributed by atoms with Gasteiger partial charge in [-0.2, -0.15) is 0 Å². The molecule has 1 saturated heterocycles. The summed E-state index contributed by atoms with van der Waals surface area (Å²) in [5, 5.41) is 0. The molecule has 2 N–H and O–H groups in total. The van der Waals surface area contributed by atoms with Crippen LogP contribution in [0.4, 0.5) is 10.1 Å². The molecule has 29 heavy (non-hydrogen) atoms. The summed E-state index contributed by atoms with van der Waals surface area (Å²) in [6, 6.07) is 8.96. The summed E-state index contributed by atoms with van der Waals surface area (Å²) in [4.78, 5) is 15.3. The number of aromatic nitrogens is 3. The van der Waals surface area contributed by atoms with Crippen molar-refractivity contribution in [1.82, 2.24) is 14.5 Å². The molecular weight excluding hydrogens is 371 g/mol. The van der Waals surface area contributed by atoms with Gasteiger partial charge < -0.3 is 15.4 Å². The smallest absolute Gasteiger partial charge is 0.165 e. The number of aliphatic imine (C=N–C) groups is 1. The quantitative estimate of drug-likeness (QED) is 0.688. The Hall–Kier alpha value is -3.26. The highest BCUT2D eigenvalue weighted by Gasteiger charge is 2.18. The molecule has 2 aromatic heterocycles. The number of nitrogens with two attached hydrogens (primary N) is 1. The third kappa shape index (κ3) is 3.58. The fourth-order valence-corrected chi connectivity index (χ4v) is 3.57. The minimum atomic E-state index is -0.275. The van der Waals surface area contributed by atoms with Gasteiger partial charge in [-0.1, -0.05) is 0 Å². The molecule has 150 valence electrons. The lowest BCUT2D eigenvalue weighted by Crippen LogP contribution is -2.36. The van der Waals surface area contributed by atoms with E-state index in [1.807, 2.05) is 34.6 Å². The van der Waals surface area contributed by atoms with Crippen molar-refractivity contribution in [2.24, 2.45) is 10.7 Å². The van der Waals surface area contributed by atoms with Crippen molar-refractivity contribution >= 4 is 28.6 Å². The number of halogens is 1. The number of hydrogen-bond acceptors (Lipinski definition) is 6. The van der Waals surface area contributed by atoms with E-state index in [0.717, 1.165) is 11.3 Å². The lowest BCUT2D eigenvalue weighted by Gasteiger charge is -2.29. The van der Waals surface area contributed by atoms with Crippen LogP contribution in [0.3, 0.4) is 0 Å². The Kier molecular flexibility index (Phi) is 5.26. The lowest BCUT2D eigenvalue weighted by molar-refractivity contribution is 0.122. The monoisotopic (exact) mass is 394 g/mol. The summed E-state index contributed by atoms with van der Waals surface area (Å²) in [5.74, 6) is 0.452. The second kappa shape index (κ2) is 8.00. The second-order valence-corrected chi connectivity index (χ2v) is 6.78. The van der Waals surface area contributed by atoms with Crippen molar-refractivity contribution in [3.8, 4) is 5.69 Å². The van der Waals surface area contributed by atoms with Gasteiger partial charge in [0.25, 0.3) is 0 Å². The van der Waals surface area contributed by atoms with Crippen LogP contribution in [-0.2, 0) is 4.74 Å². The first-order valence-electron chi connectivity index (χ1n) is 9.45. The minimum Gasteiger partial charge on any atom is -0.404 e. The Morgan fingerprint density at radius 2 is 2.00 bits per heavy atom. The fourth-order valence-electron chi connectivity index (χ4n) is 3.57. The molecule has 0 bridgehead atoms. The fraction of sp³-hybridized carbons (Fsp3) is 0.286. The van der Waals surface area contributed by atoms with Gasteiger partial charge in [-0.05, 0) is 31.2 Å². The van der Waals surface area contributed by atoms with Gasteiger partial charge in [0.1, 0.15) is 17.2 Å². The summed E-state index contributed by atoms with van der Waals surface area (Å²) < 4.78 is 22.1. The third-order valence-electron chi connectivity index (χ3n) is 4.96. The molecule has 3 heterocycles. The van der Waals surface area contributed by atoms with Gasteiger partial charge in [0.2, 0.25) is 0 Å². The SMILES string of the molecule is CN=C/C(=C\N)c1ccc2nc(C)n(-c3ccc(N4CCOCC4)c(F)c3)c2n1. The van der Waals surface area contributed by atoms with Crippen LogP contribution in [0.1, 0.15) is 11.5 Å². The summed E-state index contributed by atoms with van der Waals surface area (Å²) in [6.07, 6.45) is 3.12. The largest absolute Gasteiger partial charge is 0.404 e. The Bertz CT molecular complexity index is 1100. The number of ether oxygens (including phenoxy) is 1. The van der Waals surface area contributed by atoms with Gasteiger partial charge in [-0.25, -0.2) is 14.4 Å². The molecule has 0 spiro atoms. The van der Waals surface area contributed by atoms with E-state index in [1.165, 1.54) is 12.3 Å². The number of nitrogens with zero attached hydrogens (tertiary/aromatic N) is 5. The maximum Gasteiger partial charge on any atom is 0.165 e. The number of imidazole rings is 1. The molecule has 0 radical (unpaired) electrons. The Morgan fingerprint density at radius 3 is 2.69 bits per heavy atom. The van der Waals surface area contributed by atoms with Crippen LogP contribution in [0.2, 0.25) is 0 Å². The molecule has 1 fully saturated rings. The number of pyridine rings is 1. The highest BCUT2D eigenvalue weighted by Crippen LogP contribution is 2.27. The van der Waals surface area contributed by atoms with Gasteiger partial charge in [0.05, 0.1) is 30.3 Å². The molecule has 1 aliphatic heterocycles. The summed E-state index contributed by atoms with van der Waals surface area (Å²) in [6.45, 7) is 4.46. The van der Waals surface area contributed by atoms with Crippen molar-refractivity contribution in [2.45, 2.75) is 6.92 Å². The normalized spacial score (nSPS) is 15.6. The van der Waals surface area contributed by atoms with Gasteiger partial charge >= 0.3 is 0 Å². The van der Waals surface area contributed by atoms with Crippen LogP contribution >= 0.6 is 0 Å². The number of anilines is 1. The average molecular weight is 394 g/mol. The number of morpholine rings is 1. The lowest BCUT2D eigenvalue weighted by atomic mass is 10.2. The number of allylic oxidation sites excluding steroid dienone is 1. The van der Waals surface area contributed by atoms with Crippen LogP contribution in [0, 0.1) is 12.7 Å². The Morgan fingerprint density at radius 1 is 1.21 bits per heavy atom. The summed E-state index contributed by atoms with van der Waals surface area (Å²) >= 11 is 0. The van der Waals surface area contributed by atoms with Crippen LogP contribution < -0.4 is 10.6 Å². The van der Waals surface area contributed by atoms with Gasteiger partial charge in [0.15, 0.2) is 5.65 Å². The summed E-state index contributed by atoms with van der Waals surface area (Å²) in [7, 11) is 1.68. The third-order valence-corrected chi connectivity index (χ3v) is 4.96. The first-order chi connectivity index (χ1) is 14.1. The van der Waals surface area contributed by atoms with Crippen LogP contribution in [0.25, 0.3) is 22.4 Å². The maximum absolute atomic E-state index is 14.9. The average Bonchev–Trinajstić information content (AvgIpc) is 3.07.